The van der Waals surface area contributed by atoms with Crippen LogP contribution in [-0.2, 0) is 16.1 Å². The number of aromatic nitrogens is 1. The van der Waals surface area contributed by atoms with Crippen molar-refractivity contribution in [1.82, 2.24) is 4.57 Å². The molecule has 0 saturated heterocycles. The van der Waals surface area contributed by atoms with Crippen LogP contribution in [0.1, 0.15) is 12.1 Å². The van der Waals surface area contributed by atoms with E-state index in [0.717, 1.165) is 17.0 Å². The molecule has 0 aliphatic carbocycles. The Morgan fingerprint density at radius 1 is 1.30 bits per heavy atom. The van der Waals surface area contributed by atoms with Gasteiger partial charge in [-0.05, 0) is 31.2 Å². The first-order valence-electron chi connectivity index (χ1n) is 6.91. The maximum absolute atomic E-state index is 11.9. The summed E-state index contributed by atoms with van der Waals surface area (Å²) in [6, 6.07) is 6.59. The van der Waals surface area contributed by atoms with Crippen molar-refractivity contribution in [3.8, 4) is 5.75 Å². The van der Waals surface area contributed by atoms with Gasteiger partial charge in [0.2, 0.25) is 5.91 Å². The molecule has 0 atom stereocenters. The SMILES string of the molecule is Cc1csc(=O)n1CCC(=O)Nc1ccc(OCC(N)=O)cc1. The summed E-state index contributed by atoms with van der Waals surface area (Å²) in [5, 5.41) is 4.51. The maximum Gasteiger partial charge on any atom is 0.307 e. The number of nitrogens with one attached hydrogen (secondary N) is 1. The Hall–Kier alpha value is -2.61. The number of carbonyl (C=O) groups is 2. The molecule has 0 aliphatic heterocycles. The summed E-state index contributed by atoms with van der Waals surface area (Å²) in [5.41, 5.74) is 6.44. The minimum atomic E-state index is -0.554. The van der Waals surface area contributed by atoms with Crippen molar-refractivity contribution in [1.29, 1.82) is 0 Å². The smallest absolute Gasteiger partial charge is 0.307 e. The van der Waals surface area contributed by atoms with Gasteiger partial charge in [0.05, 0.1) is 0 Å². The number of hydrogen-bond donors (Lipinski definition) is 2. The van der Waals surface area contributed by atoms with Gasteiger partial charge in [-0.1, -0.05) is 11.3 Å². The van der Waals surface area contributed by atoms with Crippen molar-refractivity contribution < 1.29 is 14.3 Å². The predicted molar refractivity (Wildman–Crippen MR) is 87.7 cm³/mol. The first kappa shape index (κ1) is 16.8. The zero-order valence-electron chi connectivity index (χ0n) is 12.6. The molecule has 0 bridgehead atoms. The first-order valence-corrected chi connectivity index (χ1v) is 7.79. The predicted octanol–water partition coefficient (Wildman–Crippen LogP) is 1.11. The number of benzene rings is 1. The Morgan fingerprint density at radius 2 is 2.00 bits per heavy atom. The number of carbonyl (C=O) groups excluding carboxylic acids is 2. The largest absolute Gasteiger partial charge is 0.484 e. The van der Waals surface area contributed by atoms with Crippen LogP contribution < -0.4 is 20.7 Å². The Balaban J connectivity index is 1.85. The van der Waals surface area contributed by atoms with Crippen molar-refractivity contribution in [2.75, 3.05) is 11.9 Å². The van der Waals surface area contributed by atoms with Crippen molar-refractivity contribution in [2.45, 2.75) is 19.9 Å². The fraction of sp³-hybridized carbons (Fsp3) is 0.267. The van der Waals surface area contributed by atoms with E-state index in [2.05, 4.69) is 5.32 Å². The van der Waals surface area contributed by atoms with Crippen LogP contribution in [0.25, 0.3) is 0 Å². The second-order valence-electron chi connectivity index (χ2n) is 4.87. The van der Waals surface area contributed by atoms with Crippen LogP contribution in [-0.4, -0.2) is 23.0 Å². The van der Waals surface area contributed by atoms with E-state index in [0.29, 0.717) is 18.0 Å². The molecule has 3 N–H and O–H groups in total. The lowest BCUT2D eigenvalue weighted by Crippen LogP contribution is -2.20. The average molecular weight is 335 g/mol. The lowest BCUT2D eigenvalue weighted by Gasteiger charge is -2.08. The molecular weight excluding hydrogens is 318 g/mol. The highest BCUT2D eigenvalue weighted by molar-refractivity contribution is 7.07. The minimum Gasteiger partial charge on any atom is -0.484 e. The topological polar surface area (TPSA) is 103 Å². The number of aryl methyl sites for hydroxylation is 1. The molecule has 2 aromatic rings. The number of hydrogen-bond acceptors (Lipinski definition) is 5. The number of rotatable bonds is 7. The van der Waals surface area contributed by atoms with Gasteiger partial charge in [-0.3, -0.25) is 14.4 Å². The summed E-state index contributed by atoms with van der Waals surface area (Å²) in [6.45, 7) is 1.99. The van der Waals surface area contributed by atoms with E-state index in [9.17, 15) is 14.4 Å². The normalized spacial score (nSPS) is 10.3. The van der Waals surface area contributed by atoms with Crippen LogP contribution in [0.3, 0.4) is 0 Å². The van der Waals surface area contributed by atoms with Gasteiger partial charge in [0.1, 0.15) is 5.75 Å². The molecule has 8 heteroatoms. The third kappa shape index (κ3) is 4.96. The maximum atomic E-state index is 11.9. The minimum absolute atomic E-state index is 0.0637. The highest BCUT2D eigenvalue weighted by Crippen LogP contribution is 2.15. The van der Waals surface area contributed by atoms with Gasteiger partial charge in [-0.2, -0.15) is 0 Å². The molecule has 0 radical (unpaired) electrons. The summed E-state index contributed by atoms with van der Waals surface area (Å²) in [7, 11) is 0. The second-order valence-corrected chi connectivity index (χ2v) is 5.69. The van der Waals surface area contributed by atoms with Gasteiger partial charge in [0.25, 0.3) is 5.91 Å². The third-order valence-electron chi connectivity index (χ3n) is 3.06. The van der Waals surface area contributed by atoms with E-state index in [1.165, 1.54) is 0 Å². The number of ether oxygens (including phenoxy) is 1. The number of thiazole rings is 1. The monoisotopic (exact) mass is 335 g/mol. The van der Waals surface area contributed by atoms with Gasteiger partial charge in [-0.25, -0.2) is 0 Å². The van der Waals surface area contributed by atoms with Gasteiger partial charge in [0.15, 0.2) is 6.61 Å². The van der Waals surface area contributed by atoms with E-state index < -0.39 is 5.91 Å². The average Bonchev–Trinajstić information content (AvgIpc) is 2.83. The lowest BCUT2D eigenvalue weighted by atomic mass is 10.3. The molecule has 122 valence electrons. The summed E-state index contributed by atoms with van der Waals surface area (Å²) in [6.07, 6.45) is 0.206. The summed E-state index contributed by atoms with van der Waals surface area (Å²) < 4.78 is 6.70. The third-order valence-corrected chi connectivity index (χ3v) is 3.94. The number of amides is 2. The molecule has 23 heavy (non-hydrogen) atoms. The van der Waals surface area contributed by atoms with Gasteiger partial charge in [0, 0.05) is 29.7 Å². The highest BCUT2D eigenvalue weighted by Gasteiger charge is 2.07. The van der Waals surface area contributed by atoms with Crippen molar-refractivity contribution in [2.24, 2.45) is 5.73 Å². The van der Waals surface area contributed by atoms with E-state index in [1.807, 2.05) is 6.92 Å². The fourth-order valence-electron chi connectivity index (χ4n) is 1.90. The number of nitrogens with two attached hydrogens (primary N) is 1. The van der Waals surface area contributed by atoms with Gasteiger partial charge in [-0.15, -0.1) is 0 Å². The zero-order valence-corrected chi connectivity index (χ0v) is 13.4. The van der Waals surface area contributed by atoms with Crippen molar-refractivity contribution in [3.63, 3.8) is 0 Å². The molecule has 1 heterocycles. The number of primary amides is 1. The zero-order chi connectivity index (χ0) is 16.8. The molecule has 0 fully saturated rings. The van der Waals surface area contributed by atoms with Crippen LogP contribution in [0.5, 0.6) is 5.75 Å². The molecule has 7 nitrogen and oxygen atoms in total. The standard InChI is InChI=1S/C15H17N3O4S/c1-10-9-23-15(21)18(10)7-6-14(20)17-11-2-4-12(5-3-11)22-8-13(16)19/h2-5,9H,6-8H2,1H3,(H2,16,19)(H,17,20). The van der Waals surface area contributed by atoms with Crippen LogP contribution in [0.4, 0.5) is 5.69 Å². The van der Waals surface area contributed by atoms with Gasteiger partial charge < -0.3 is 20.4 Å². The van der Waals surface area contributed by atoms with E-state index in [-0.39, 0.29) is 23.8 Å². The summed E-state index contributed by atoms with van der Waals surface area (Å²) in [5.74, 6) is -0.253. The van der Waals surface area contributed by atoms with Gasteiger partial charge >= 0.3 is 4.87 Å². The number of anilines is 1. The van der Waals surface area contributed by atoms with E-state index in [4.69, 9.17) is 10.5 Å². The molecule has 2 amide bonds. The Morgan fingerprint density at radius 3 is 2.57 bits per heavy atom. The molecule has 1 aromatic carbocycles. The molecule has 1 aromatic heterocycles. The molecular formula is C15H17N3O4S. The van der Waals surface area contributed by atoms with Crippen LogP contribution >= 0.6 is 11.3 Å². The quantitative estimate of drug-likeness (QED) is 0.791. The highest BCUT2D eigenvalue weighted by atomic mass is 32.1. The van der Waals surface area contributed by atoms with Crippen molar-refractivity contribution >= 4 is 28.8 Å². The van der Waals surface area contributed by atoms with E-state index in [1.54, 1.807) is 34.2 Å². The van der Waals surface area contributed by atoms with E-state index >= 15 is 0 Å². The van der Waals surface area contributed by atoms with Crippen molar-refractivity contribution in [3.05, 3.63) is 45.0 Å². The fourth-order valence-corrected chi connectivity index (χ4v) is 2.66. The molecule has 0 unspecified atom stereocenters. The lowest BCUT2D eigenvalue weighted by molar-refractivity contribution is -0.120. The van der Waals surface area contributed by atoms with Crippen LogP contribution in [0.15, 0.2) is 34.4 Å². The Labute approximate surface area is 136 Å². The number of nitrogens with zero attached hydrogens (tertiary/aromatic N) is 1. The second kappa shape index (κ2) is 7.59. The molecule has 0 spiro atoms. The van der Waals surface area contributed by atoms with Crippen LogP contribution in [0, 0.1) is 6.92 Å². The molecule has 0 aliphatic rings. The first-order chi connectivity index (χ1) is 11.0. The van der Waals surface area contributed by atoms with Crippen LogP contribution in [0.2, 0.25) is 0 Å². The molecule has 2 rings (SSSR count). The Kier molecular flexibility index (Phi) is 5.53. The summed E-state index contributed by atoms with van der Waals surface area (Å²) >= 11 is 1.12. The Bertz CT molecular complexity index is 749. The summed E-state index contributed by atoms with van der Waals surface area (Å²) in [4.78, 5) is 34.0. The molecule has 0 saturated carbocycles.